The molecule has 0 aliphatic carbocycles. The molecule has 0 saturated carbocycles. The second kappa shape index (κ2) is 9.09. The number of benzene rings is 1. The van der Waals surface area contributed by atoms with Gasteiger partial charge in [0.05, 0.1) is 4.90 Å². The van der Waals surface area contributed by atoms with Gasteiger partial charge in [0, 0.05) is 23.4 Å². The molecule has 1 aromatic heterocycles. The standard InChI is InChI=1S/C22H29NO2S/c1-5-7-9-10-11-20-17-21(12-8-6-2)23(19(20)4)26(24,25)22-15-13-18(3)14-16-22/h13-17H,5-9,12H2,1-4H3. The summed E-state index contributed by atoms with van der Waals surface area (Å²) < 4.78 is 28.0. The molecule has 0 atom stereocenters. The summed E-state index contributed by atoms with van der Waals surface area (Å²) in [6, 6.07) is 8.99. The zero-order valence-electron chi connectivity index (χ0n) is 16.3. The number of rotatable bonds is 7. The van der Waals surface area contributed by atoms with Gasteiger partial charge in [0.2, 0.25) is 0 Å². The fourth-order valence-electron chi connectivity index (χ4n) is 2.89. The molecule has 140 valence electrons. The van der Waals surface area contributed by atoms with E-state index in [4.69, 9.17) is 0 Å². The van der Waals surface area contributed by atoms with E-state index in [0.717, 1.165) is 55.3 Å². The first-order valence-corrected chi connectivity index (χ1v) is 10.9. The first-order chi connectivity index (χ1) is 12.4. The Hall–Kier alpha value is -1.99. The fourth-order valence-corrected chi connectivity index (χ4v) is 4.49. The number of aryl methyl sites for hydroxylation is 2. The number of nitrogens with zero attached hydrogens (tertiary/aromatic N) is 1. The molecule has 0 radical (unpaired) electrons. The van der Waals surface area contributed by atoms with E-state index < -0.39 is 10.0 Å². The number of hydrogen-bond donors (Lipinski definition) is 0. The smallest absolute Gasteiger partial charge is 0.242 e. The molecule has 0 aliphatic heterocycles. The lowest BCUT2D eigenvalue weighted by atomic mass is 10.2. The SMILES string of the molecule is CCCCC#Cc1cc(CCCC)n(S(=O)(=O)c2ccc(C)cc2)c1C. The molecule has 2 aromatic rings. The Kier molecular flexibility index (Phi) is 7.11. The molecule has 26 heavy (non-hydrogen) atoms. The van der Waals surface area contributed by atoms with Gasteiger partial charge < -0.3 is 0 Å². The highest BCUT2D eigenvalue weighted by molar-refractivity contribution is 7.90. The van der Waals surface area contributed by atoms with Gasteiger partial charge in [-0.15, -0.1) is 0 Å². The van der Waals surface area contributed by atoms with Crippen LogP contribution in [0.4, 0.5) is 0 Å². The number of hydrogen-bond acceptors (Lipinski definition) is 2. The Balaban J connectivity index is 2.51. The summed E-state index contributed by atoms with van der Waals surface area (Å²) in [4.78, 5) is 0.324. The maximum absolute atomic E-state index is 13.3. The molecule has 4 heteroatoms. The van der Waals surface area contributed by atoms with E-state index in [1.807, 2.05) is 32.0 Å². The van der Waals surface area contributed by atoms with Gasteiger partial charge in [0.25, 0.3) is 10.0 Å². The molecule has 1 heterocycles. The quantitative estimate of drug-likeness (QED) is 0.494. The van der Waals surface area contributed by atoms with Crippen molar-refractivity contribution in [3.05, 3.63) is 52.8 Å². The van der Waals surface area contributed by atoms with Crippen LogP contribution < -0.4 is 0 Å². The van der Waals surface area contributed by atoms with Crippen LogP contribution in [0.5, 0.6) is 0 Å². The van der Waals surface area contributed by atoms with Gasteiger partial charge in [-0.25, -0.2) is 12.4 Å². The van der Waals surface area contributed by atoms with Gasteiger partial charge in [-0.05, 0) is 51.3 Å². The third-order valence-electron chi connectivity index (χ3n) is 4.49. The number of unbranched alkanes of at least 4 members (excludes halogenated alkanes) is 3. The average molecular weight is 372 g/mol. The van der Waals surface area contributed by atoms with Crippen molar-refractivity contribution in [1.29, 1.82) is 0 Å². The lowest BCUT2D eigenvalue weighted by Gasteiger charge is -2.13. The molecule has 2 rings (SSSR count). The molecule has 0 amide bonds. The Morgan fingerprint density at radius 2 is 1.65 bits per heavy atom. The molecular formula is C22H29NO2S. The topological polar surface area (TPSA) is 39.1 Å². The van der Waals surface area contributed by atoms with Crippen LogP contribution in [-0.2, 0) is 16.4 Å². The van der Waals surface area contributed by atoms with Crippen molar-refractivity contribution >= 4 is 10.0 Å². The molecular weight excluding hydrogens is 342 g/mol. The van der Waals surface area contributed by atoms with Crippen molar-refractivity contribution in [2.45, 2.75) is 71.1 Å². The van der Waals surface area contributed by atoms with E-state index in [1.165, 1.54) is 3.97 Å². The van der Waals surface area contributed by atoms with E-state index in [9.17, 15) is 8.42 Å². The molecule has 0 spiro atoms. The van der Waals surface area contributed by atoms with Crippen LogP contribution in [-0.4, -0.2) is 12.4 Å². The van der Waals surface area contributed by atoms with E-state index in [0.29, 0.717) is 10.6 Å². The van der Waals surface area contributed by atoms with E-state index in [1.54, 1.807) is 12.1 Å². The second-order valence-electron chi connectivity index (χ2n) is 6.73. The lowest BCUT2D eigenvalue weighted by Crippen LogP contribution is -2.17. The third kappa shape index (κ3) is 4.59. The predicted octanol–water partition coefficient (Wildman–Crippen LogP) is 5.23. The molecule has 0 bridgehead atoms. The molecule has 0 saturated heterocycles. The first-order valence-electron chi connectivity index (χ1n) is 9.44. The summed E-state index contributed by atoms with van der Waals surface area (Å²) in [6.07, 6.45) is 5.73. The summed E-state index contributed by atoms with van der Waals surface area (Å²) in [6.45, 7) is 8.06. The molecule has 1 aromatic carbocycles. The van der Waals surface area contributed by atoms with E-state index in [-0.39, 0.29) is 0 Å². The van der Waals surface area contributed by atoms with Crippen molar-refractivity contribution < 1.29 is 8.42 Å². The summed E-state index contributed by atoms with van der Waals surface area (Å²) in [5.74, 6) is 6.36. The normalized spacial score (nSPS) is 11.2. The van der Waals surface area contributed by atoms with Crippen LogP contribution in [0, 0.1) is 25.7 Å². The Bertz CT molecular complexity index is 894. The highest BCUT2D eigenvalue weighted by Gasteiger charge is 2.23. The lowest BCUT2D eigenvalue weighted by molar-refractivity contribution is 0.582. The van der Waals surface area contributed by atoms with E-state index >= 15 is 0 Å². The summed E-state index contributed by atoms with van der Waals surface area (Å²) in [5.41, 5.74) is 3.40. The molecule has 0 unspecified atom stereocenters. The minimum Gasteiger partial charge on any atom is -0.242 e. The molecule has 0 aliphatic rings. The van der Waals surface area contributed by atoms with Gasteiger partial charge >= 0.3 is 0 Å². The summed E-state index contributed by atoms with van der Waals surface area (Å²) in [5, 5.41) is 0. The Morgan fingerprint density at radius 3 is 2.27 bits per heavy atom. The van der Waals surface area contributed by atoms with Gasteiger partial charge in [0.15, 0.2) is 0 Å². The van der Waals surface area contributed by atoms with Crippen molar-refractivity contribution in [3.63, 3.8) is 0 Å². The van der Waals surface area contributed by atoms with Crippen LogP contribution >= 0.6 is 0 Å². The van der Waals surface area contributed by atoms with Gasteiger partial charge in [-0.1, -0.05) is 56.2 Å². The maximum atomic E-state index is 13.3. The van der Waals surface area contributed by atoms with Crippen LogP contribution in [0.2, 0.25) is 0 Å². The molecule has 0 N–H and O–H groups in total. The number of aromatic nitrogens is 1. The monoisotopic (exact) mass is 371 g/mol. The predicted molar refractivity (Wildman–Crippen MR) is 108 cm³/mol. The van der Waals surface area contributed by atoms with Crippen molar-refractivity contribution in [1.82, 2.24) is 3.97 Å². The Labute approximate surface area is 158 Å². The summed E-state index contributed by atoms with van der Waals surface area (Å²) in [7, 11) is -3.61. The zero-order chi connectivity index (χ0) is 19.2. The van der Waals surface area contributed by atoms with Crippen molar-refractivity contribution in [2.24, 2.45) is 0 Å². The van der Waals surface area contributed by atoms with Crippen molar-refractivity contribution in [3.8, 4) is 11.8 Å². The highest BCUT2D eigenvalue weighted by atomic mass is 32.2. The van der Waals surface area contributed by atoms with Gasteiger partial charge in [-0.2, -0.15) is 0 Å². The van der Waals surface area contributed by atoms with Gasteiger partial charge in [0.1, 0.15) is 0 Å². The first kappa shape index (κ1) is 20.3. The van der Waals surface area contributed by atoms with Gasteiger partial charge in [-0.3, -0.25) is 0 Å². The van der Waals surface area contributed by atoms with Crippen LogP contribution in [0.15, 0.2) is 35.2 Å². The molecule has 0 fully saturated rings. The summed E-state index contributed by atoms with van der Waals surface area (Å²) >= 11 is 0. The third-order valence-corrected chi connectivity index (χ3v) is 6.35. The van der Waals surface area contributed by atoms with E-state index in [2.05, 4.69) is 25.7 Å². The van der Waals surface area contributed by atoms with Crippen LogP contribution in [0.25, 0.3) is 0 Å². The maximum Gasteiger partial charge on any atom is 0.268 e. The molecule has 3 nitrogen and oxygen atoms in total. The van der Waals surface area contributed by atoms with Crippen LogP contribution in [0.3, 0.4) is 0 Å². The minimum atomic E-state index is -3.61. The van der Waals surface area contributed by atoms with Crippen molar-refractivity contribution in [2.75, 3.05) is 0 Å². The largest absolute Gasteiger partial charge is 0.268 e. The Morgan fingerprint density at radius 1 is 1.00 bits per heavy atom. The minimum absolute atomic E-state index is 0.324. The second-order valence-corrected chi connectivity index (χ2v) is 8.51. The zero-order valence-corrected chi connectivity index (χ0v) is 17.1. The fraction of sp³-hybridized carbons (Fsp3) is 0.455. The average Bonchev–Trinajstić information content (AvgIpc) is 2.93. The highest BCUT2D eigenvalue weighted by Crippen LogP contribution is 2.24. The van der Waals surface area contributed by atoms with Crippen LogP contribution in [0.1, 0.15) is 68.5 Å².